The third kappa shape index (κ3) is 3.21. The van der Waals surface area contributed by atoms with Crippen molar-refractivity contribution in [1.29, 1.82) is 0 Å². The first-order valence-corrected chi connectivity index (χ1v) is 9.18. The average Bonchev–Trinajstić information content (AvgIpc) is 3.22. The van der Waals surface area contributed by atoms with Crippen molar-refractivity contribution >= 4 is 5.91 Å². The predicted molar refractivity (Wildman–Crippen MR) is 96.9 cm³/mol. The minimum absolute atomic E-state index is 0.145. The Morgan fingerprint density at radius 1 is 1.24 bits per heavy atom. The lowest BCUT2D eigenvalue weighted by molar-refractivity contribution is -0.137. The highest BCUT2D eigenvalue weighted by Gasteiger charge is 2.50. The third-order valence-electron chi connectivity index (χ3n) is 6.00. The van der Waals surface area contributed by atoms with Crippen molar-refractivity contribution in [3.05, 3.63) is 54.1 Å². The molecule has 0 aliphatic carbocycles. The summed E-state index contributed by atoms with van der Waals surface area (Å²) in [5.74, 6) is 1.36. The van der Waals surface area contributed by atoms with Crippen LogP contribution in [0.1, 0.15) is 30.7 Å². The fourth-order valence-electron chi connectivity index (χ4n) is 4.46. The van der Waals surface area contributed by atoms with Crippen molar-refractivity contribution < 1.29 is 4.79 Å². The molecular weight excluding hydrogens is 312 g/mol. The van der Waals surface area contributed by atoms with Crippen molar-refractivity contribution in [2.75, 3.05) is 20.1 Å². The second kappa shape index (κ2) is 6.64. The Kier molecular flexibility index (Phi) is 4.34. The second-order valence-electron chi connectivity index (χ2n) is 7.56. The summed E-state index contributed by atoms with van der Waals surface area (Å²) in [6.45, 7) is 2.79. The highest BCUT2D eigenvalue weighted by molar-refractivity contribution is 5.85. The first-order valence-electron chi connectivity index (χ1n) is 9.18. The number of hydrogen-bond acceptors (Lipinski definition) is 3. The van der Waals surface area contributed by atoms with Gasteiger partial charge < -0.3 is 9.88 Å². The summed E-state index contributed by atoms with van der Waals surface area (Å²) in [6, 6.07) is 10.9. The number of nitrogens with one attached hydrogen (secondary N) is 1. The third-order valence-corrected chi connectivity index (χ3v) is 6.00. The van der Waals surface area contributed by atoms with Crippen LogP contribution in [0.25, 0.3) is 0 Å². The number of likely N-dealkylation sites (N-methyl/N-ethyl adjacent to an activating group) is 1. The van der Waals surface area contributed by atoms with E-state index < -0.39 is 0 Å². The molecule has 4 rings (SSSR count). The van der Waals surface area contributed by atoms with Crippen LogP contribution in [0.15, 0.2) is 42.7 Å². The van der Waals surface area contributed by atoms with Crippen LogP contribution in [0.5, 0.6) is 0 Å². The first-order chi connectivity index (χ1) is 12.2. The number of imidazole rings is 1. The van der Waals surface area contributed by atoms with Gasteiger partial charge in [-0.15, -0.1) is 0 Å². The molecule has 5 nitrogen and oxygen atoms in total. The van der Waals surface area contributed by atoms with E-state index in [0.29, 0.717) is 11.9 Å². The molecule has 1 aromatic heterocycles. The molecule has 3 heterocycles. The van der Waals surface area contributed by atoms with Crippen LogP contribution >= 0.6 is 0 Å². The van der Waals surface area contributed by atoms with Gasteiger partial charge in [0.15, 0.2) is 0 Å². The van der Waals surface area contributed by atoms with Gasteiger partial charge in [0, 0.05) is 25.5 Å². The van der Waals surface area contributed by atoms with Gasteiger partial charge in [0.2, 0.25) is 5.91 Å². The Labute approximate surface area is 149 Å². The number of hydrogen-bond donors (Lipinski definition) is 1. The zero-order valence-corrected chi connectivity index (χ0v) is 14.8. The molecule has 2 fully saturated rings. The van der Waals surface area contributed by atoms with Crippen molar-refractivity contribution in [3.63, 3.8) is 0 Å². The molecule has 1 unspecified atom stereocenters. The van der Waals surface area contributed by atoms with Gasteiger partial charge in [-0.25, -0.2) is 4.98 Å². The number of amides is 1. The van der Waals surface area contributed by atoms with Crippen LogP contribution in [-0.2, 0) is 17.8 Å². The van der Waals surface area contributed by atoms with Crippen LogP contribution in [-0.4, -0.2) is 51.9 Å². The van der Waals surface area contributed by atoms with E-state index in [2.05, 4.69) is 39.1 Å². The van der Waals surface area contributed by atoms with Crippen LogP contribution in [0.3, 0.4) is 0 Å². The van der Waals surface area contributed by atoms with Gasteiger partial charge >= 0.3 is 0 Å². The molecule has 132 valence electrons. The maximum Gasteiger partial charge on any atom is 0.228 e. The monoisotopic (exact) mass is 338 g/mol. The van der Waals surface area contributed by atoms with Gasteiger partial charge in [0.1, 0.15) is 5.82 Å². The number of carbonyl (C=O) groups is 1. The molecular formula is C20H26N4O. The molecule has 1 spiro atoms. The summed E-state index contributed by atoms with van der Waals surface area (Å²) < 4.78 is 0. The number of likely N-dealkylation sites (tertiary alicyclic amines) is 2. The van der Waals surface area contributed by atoms with Crippen molar-refractivity contribution in [1.82, 2.24) is 19.8 Å². The molecule has 1 atom stereocenters. The normalized spacial score (nSPS) is 23.5. The van der Waals surface area contributed by atoms with E-state index in [4.69, 9.17) is 0 Å². The fraction of sp³-hybridized carbons (Fsp3) is 0.500. The quantitative estimate of drug-likeness (QED) is 0.932. The van der Waals surface area contributed by atoms with Crippen LogP contribution < -0.4 is 0 Å². The Morgan fingerprint density at radius 3 is 2.68 bits per heavy atom. The summed E-state index contributed by atoms with van der Waals surface area (Å²) in [7, 11) is 1.99. The van der Waals surface area contributed by atoms with E-state index in [9.17, 15) is 4.79 Å². The van der Waals surface area contributed by atoms with Crippen molar-refractivity contribution in [2.24, 2.45) is 5.41 Å². The van der Waals surface area contributed by atoms with Crippen LogP contribution in [0, 0.1) is 5.41 Å². The number of H-pyrrole nitrogens is 1. The molecule has 1 aromatic carbocycles. The van der Waals surface area contributed by atoms with Gasteiger partial charge in [-0.05, 0) is 44.3 Å². The highest BCUT2D eigenvalue weighted by Crippen LogP contribution is 2.44. The van der Waals surface area contributed by atoms with Gasteiger partial charge in [-0.1, -0.05) is 30.3 Å². The van der Waals surface area contributed by atoms with Crippen molar-refractivity contribution in [3.8, 4) is 0 Å². The zero-order valence-electron chi connectivity index (χ0n) is 14.8. The van der Waals surface area contributed by atoms with Crippen LogP contribution in [0.2, 0.25) is 0 Å². The molecule has 2 saturated heterocycles. The first kappa shape index (κ1) is 16.3. The van der Waals surface area contributed by atoms with Gasteiger partial charge in [-0.3, -0.25) is 9.69 Å². The zero-order chi connectivity index (χ0) is 17.3. The number of benzene rings is 1. The topological polar surface area (TPSA) is 52.2 Å². The maximum absolute atomic E-state index is 13.0. The predicted octanol–water partition coefficient (Wildman–Crippen LogP) is 2.47. The number of aromatic amines is 1. The Hall–Kier alpha value is -2.14. The smallest absolute Gasteiger partial charge is 0.228 e. The lowest BCUT2D eigenvalue weighted by Gasteiger charge is -2.37. The van der Waals surface area contributed by atoms with Gasteiger partial charge in [0.25, 0.3) is 0 Å². The molecule has 25 heavy (non-hydrogen) atoms. The minimum Gasteiger partial charge on any atom is -0.348 e. The van der Waals surface area contributed by atoms with Gasteiger partial charge in [0.05, 0.1) is 12.0 Å². The molecule has 1 amide bonds. The van der Waals surface area contributed by atoms with E-state index >= 15 is 0 Å². The van der Waals surface area contributed by atoms with Crippen molar-refractivity contribution in [2.45, 2.75) is 38.3 Å². The number of aromatic nitrogens is 2. The van der Waals surface area contributed by atoms with Gasteiger partial charge in [-0.2, -0.15) is 0 Å². The molecule has 0 saturated carbocycles. The number of rotatable bonds is 4. The second-order valence-corrected chi connectivity index (χ2v) is 7.56. The Bertz CT molecular complexity index is 705. The summed E-state index contributed by atoms with van der Waals surface area (Å²) in [4.78, 5) is 24.9. The molecule has 2 aliphatic heterocycles. The molecule has 0 radical (unpaired) electrons. The molecule has 2 aromatic rings. The maximum atomic E-state index is 13.0. The van der Waals surface area contributed by atoms with E-state index in [1.165, 1.54) is 5.56 Å². The van der Waals surface area contributed by atoms with E-state index in [1.807, 2.05) is 24.2 Å². The Balaban J connectivity index is 1.40. The number of piperidine rings is 1. The standard InChI is InChI=1S/C20H26N4O/c1-23-17(13-16-5-3-2-4-6-16)14-20(19(23)25)7-11-24(12-8-20)15-18-21-9-10-22-18/h2-6,9-10,17H,7-8,11-15H2,1H3,(H,21,22). The summed E-state index contributed by atoms with van der Waals surface area (Å²) in [6.07, 6.45) is 7.53. The molecule has 5 heteroatoms. The average molecular weight is 338 g/mol. The lowest BCUT2D eigenvalue weighted by atomic mass is 9.75. The molecule has 0 bridgehead atoms. The SMILES string of the molecule is CN1C(=O)C2(CCN(Cc3ncc[nH]3)CC2)CC1Cc1ccccc1. The summed E-state index contributed by atoms with van der Waals surface area (Å²) >= 11 is 0. The van der Waals surface area contributed by atoms with Crippen LogP contribution in [0.4, 0.5) is 0 Å². The Morgan fingerprint density at radius 2 is 2.00 bits per heavy atom. The highest BCUT2D eigenvalue weighted by atomic mass is 16.2. The number of carbonyl (C=O) groups excluding carboxylic acids is 1. The number of nitrogens with zero attached hydrogens (tertiary/aromatic N) is 3. The fourth-order valence-corrected chi connectivity index (χ4v) is 4.46. The van der Waals surface area contributed by atoms with E-state index in [0.717, 1.165) is 51.1 Å². The molecule has 1 N–H and O–H groups in total. The van der Waals surface area contributed by atoms with E-state index in [-0.39, 0.29) is 5.41 Å². The largest absolute Gasteiger partial charge is 0.348 e. The summed E-state index contributed by atoms with van der Waals surface area (Å²) in [5, 5.41) is 0. The molecule has 2 aliphatic rings. The van der Waals surface area contributed by atoms with E-state index in [1.54, 1.807) is 6.20 Å². The minimum atomic E-state index is -0.145. The lowest BCUT2D eigenvalue weighted by Crippen LogP contribution is -2.44. The summed E-state index contributed by atoms with van der Waals surface area (Å²) in [5.41, 5.74) is 1.17.